The van der Waals surface area contributed by atoms with Crippen molar-refractivity contribution in [2.45, 2.75) is 37.8 Å². The average Bonchev–Trinajstić information content (AvgIpc) is 3.35. The molecule has 0 radical (unpaired) electrons. The van der Waals surface area contributed by atoms with Crippen LogP contribution in [0.3, 0.4) is 0 Å². The van der Waals surface area contributed by atoms with Crippen molar-refractivity contribution in [3.05, 3.63) is 36.0 Å². The molecule has 4 rings (SSSR count). The van der Waals surface area contributed by atoms with Gasteiger partial charge in [-0.1, -0.05) is 6.92 Å². The summed E-state index contributed by atoms with van der Waals surface area (Å²) in [5, 5.41) is 12.7. The molecule has 2 saturated heterocycles. The molecule has 33 heavy (non-hydrogen) atoms. The Morgan fingerprint density at radius 2 is 2.12 bits per heavy atom. The number of hydrogen-bond donors (Lipinski definition) is 1. The van der Waals surface area contributed by atoms with Crippen molar-refractivity contribution in [1.29, 1.82) is 5.26 Å². The van der Waals surface area contributed by atoms with Crippen molar-refractivity contribution in [3.8, 4) is 6.07 Å². The number of amides is 2. The third-order valence-electron chi connectivity index (χ3n) is 6.84. The van der Waals surface area contributed by atoms with Crippen LogP contribution in [0.2, 0.25) is 0 Å². The van der Waals surface area contributed by atoms with Gasteiger partial charge in [-0.15, -0.1) is 11.8 Å². The Balaban J connectivity index is 1.48. The molecule has 1 N–H and O–H groups in total. The van der Waals surface area contributed by atoms with Gasteiger partial charge in [0.05, 0.1) is 35.2 Å². The van der Waals surface area contributed by atoms with E-state index in [0.29, 0.717) is 17.2 Å². The zero-order chi connectivity index (χ0) is 23.4. The Morgan fingerprint density at radius 1 is 1.33 bits per heavy atom. The van der Waals surface area contributed by atoms with Crippen LogP contribution in [0.25, 0.3) is 10.9 Å². The fourth-order valence-corrected chi connectivity index (χ4v) is 5.66. The van der Waals surface area contributed by atoms with Gasteiger partial charge in [0.1, 0.15) is 6.04 Å². The average molecular weight is 468 g/mol. The number of nitrogens with one attached hydrogen (secondary N) is 1. The van der Waals surface area contributed by atoms with Crippen LogP contribution in [-0.4, -0.2) is 71.7 Å². The van der Waals surface area contributed by atoms with Crippen LogP contribution in [0.5, 0.6) is 0 Å². The lowest BCUT2D eigenvalue weighted by Gasteiger charge is -2.41. The van der Waals surface area contributed by atoms with Crippen molar-refractivity contribution in [2.75, 3.05) is 43.3 Å². The number of rotatable bonds is 6. The van der Waals surface area contributed by atoms with E-state index in [1.165, 1.54) is 4.90 Å². The first-order valence-electron chi connectivity index (χ1n) is 11.2. The van der Waals surface area contributed by atoms with Crippen LogP contribution in [0, 0.1) is 11.3 Å². The fourth-order valence-electron chi connectivity index (χ4n) is 4.55. The fraction of sp³-hybridized carbons (Fsp3) is 0.500. The standard InChI is InChI=1S/C24H29N5O3S/c1-3-24(32-2)7-10-28(11-8-24)17-4-5-21-20(12-17)19(6-9-26-21)23(31)27-14-22(30)29-16-33-15-18(29)13-25/h4-6,9,12,18H,3,7-8,10-11,14-16H2,1-2H3,(H,27,31). The zero-order valence-electron chi connectivity index (χ0n) is 19.0. The van der Waals surface area contributed by atoms with Gasteiger partial charge in [0.25, 0.3) is 5.91 Å². The van der Waals surface area contributed by atoms with Crippen molar-refractivity contribution >= 4 is 40.2 Å². The summed E-state index contributed by atoms with van der Waals surface area (Å²) in [7, 11) is 1.79. The van der Waals surface area contributed by atoms with Crippen LogP contribution < -0.4 is 10.2 Å². The summed E-state index contributed by atoms with van der Waals surface area (Å²) in [6, 6.07) is 9.37. The van der Waals surface area contributed by atoms with Gasteiger partial charge in [-0.25, -0.2) is 0 Å². The van der Waals surface area contributed by atoms with E-state index < -0.39 is 6.04 Å². The number of aromatic nitrogens is 1. The molecule has 1 atom stereocenters. The predicted octanol–water partition coefficient (Wildman–Crippen LogP) is 2.79. The number of fused-ring (bicyclic) bond motifs is 1. The second-order valence-corrected chi connectivity index (χ2v) is 9.48. The zero-order valence-corrected chi connectivity index (χ0v) is 19.9. The molecule has 2 amide bonds. The maximum atomic E-state index is 13.0. The van der Waals surface area contributed by atoms with Gasteiger partial charge >= 0.3 is 0 Å². The van der Waals surface area contributed by atoms with E-state index in [4.69, 9.17) is 4.74 Å². The molecular weight excluding hydrogens is 438 g/mol. The Morgan fingerprint density at radius 3 is 2.82 bits per heavy atom. The van der Waals surface area contributed by atoms with Gasteiger partial charge < -0.3 is 19.9 Å². The minimum absolute atomic E-state index is 0.0507. The van der Waals surface area contributed by atoms with Crippen LogP contribution in [-0.2, 0) is 9.53 Å². The number of carbonyl (C=O) groups is 2. The highest BCUT2D eigenvalue weighted by Gasteiger charge is 2.33. The van der Waals surface area contributed by atoms with Gasteiger partial charge in [0.15, 0.2) is 0 Å². The van der Waals surface area contributed by atoms with Gasteiger partial charge in [-0.3, -0.25) is 14.6 Å². The molecule has 2 aromatic rings. The largest absolute Gasteiger partial charge is 0.378 e. The van der Waals surface area contributed by atoms with E-state index in [1.54, 1.807) is 31.1 Å². The molecule has 2 fully saturated rings. The molecule has 0 aliphatic carbocycles. The van der Waals surface area contributed by atoms with Crippen LogP contribution in [0.1, 0.15) is 36.5 Å². The predicted molar refractivity (Wildman–Crippen MR) is 129 cm³/mol. The number of pyridine rings is 1. The molecule has 1 aromatic heterocycles. The smallest absolute Gasteiger partial charge is 0.252 e. The first-order chi connectivity index (χ1) is 16.0. The van der Waals surface area contributed by atoms with E-state index in [1.807, 2.05) is 18.2 Å². The monoisotopic (exact) mass is 467 g/mol. The number of nitriles is 1. The Bertz CT molecular complexity index is 1070. The molecule has 0 spiro atoms. The highest BCUT2D eigenvalue weighted by atomic mass is 32.2. The van der Waals surface area contributed by atoms with Gasteiger partial charge in [-0.2, -0.15) is 5.26 Å². The summed E-state index contributed by atoms with van der Waals surface area (Å²) in [6.07, 6.45) is 4.52. The minimum atomic E-state index is -0.433. The minimum Gasteiger partial charge on any atom is -0.378 e. The Labute approximate surface area is 198 Å². The summed E-state index contributed by atoms with van der Waals surface area (Å²) in [4.78, 5) is 33.7. The number of carbonyl (C=O) groups excluding carboxylic acids is 2. The number of nitrogens with zero attached hydrogens (tertiary/aromatic N) is 4. The number of thioether (sulfide) groups is 1. The van der Waals surface area contributed by atoms with E-state index in [9.17, 15) is 14.9 Å². The van der Waals surface area contributed by atoms with Gasteiger partial charge in [0.2, 0.25) is 5.91 Å². The molecule has 1 unspecified atom stereocenters. The van der Waals surface area contributed by atoms with Gasteiger partial charge in [-0.05, 0) is 43.5 Å². The molecule has 2 aliphatic heterocycles. The molecule has 3 heterocycles. The SMILES string of the molecule is CCC1(OC)CCN(c2ccc3nccc(C(=O)NCC(=O)N4CSCC4C#N)c3c2)CC1. The topological polar surface area (TPSA) is 98.6 Å². The third-order valence-corrected chi connectivity index (χ3v) is 7.85. The second-order valence-electron chi connectivity index (χ2n) is 8.48. The second kappa shape index (κ2) is 9.98. The number of ether oxygens (including phenoxy) is 1. The lowest BCUT2D eigenvalue weighted by molar-refractivity contribution is -0.129. The van der Waals surface area contributed by atoms with Crippen molar-refractivity contribution in [3.63, 3.8) is 0 Å². The van der Waals surface area contributed by atoms with E-state index in [0.717, 1.165) is 48.9 Å². The first-order valence-corrected chi connectivity index (χ1v) is 12.4. The van der Waals surface area contributed by atoms with E-state index in [2.05, 4.69) is 28.2 Å². The number of anilines is 1. The molecule has 0 bridgehead atoms. The first kappa shape index (κ1) is 23.3. The highest BCUT2D eigenvalue weighted by Crippen LogP contribution is 2.32. The Kier molecular flexibility index (Phi) is 7.05. The molecule has 2 aliphatic rings. The molecule has 1 aromatic carbocycles. The molecular formula is C24H29N5O3S. The summed E-state index contributed by atoms with van der Waals surface area (Å²) in [5.41, 5.74) is 2.21. The number of benzene rings is 1. The summed E-state index contributed by atoms with van der Waals surface area (Å²) in [6.45, 7) is 3.80. The van der Waals surface area contributed by atoms with Gasteiger partial charge in [0, 0.05) is 43.2 Å². The lowest BCUT2D eigenvalue weighted by atomic mass is 9.88. The van der Waals surface area contributed by atoms with E-state index >= 15 is 0 Å². The van der Waals surface area contributed by atoms with Crippen LogP contribution in [0.4, 0.5) is 5.69 Å². The number of piperidine rings is 1. The Hall–Kier alpha value is -2.83. The molecule has 8 nitrogen and oxygen atoms in total. The molecule has 174 valence electrons. The summed E-state index contributed by atoms with van der Waals surface area (Å²) < 4.78 is 5.79. The maximum absolute atomic E-state index is 13.0. The molecule has 0 saturated carbocycles. The summed E-state index contributed by atoms with van der Waals surface area (Å²) in [5.74, 6) is 0.516. The highest BCUT2D eigenvalue weighted by molar-refractivity contribution is 7.99. The lowest BCUT2D eigenvalue weighted by Crippen LogP contribution is -2.45. The maximum Gasteiger partial charge on any atom is 0.252 e. The molecule has 9 heteroatoms. The summed E-state index contributed by atoms with van der Waals surface area (Å²) >= 11 is 1.54. The normalized spacial score (nSPS) is 20.0. The van der Waals surface area contributed by atoms with Crippen LogP contribution in [0.15, 0.2) is 30.5 Å². The number of methoxy groups -OCH3 is 1. The van der Waals surface area contributed by atoms with Crippen molar-refractivity contribution < 1.29 is 14.3 Å². The van der Waals surface area contributed by atoms with Crippen LogP contribution >= 0.6 is 11.8 Å². The quantitative estimate of drug-likeness (QED) is 0.697. The van der Waals surface area contributed by atoms with E-state index in [-0.39, 0.29) is 24.0 Å². The van der Waals surface area contributed by atoms with Crippen molar-refractivity contribution in [2.24, 2.45) is 0 Å². The van der Waals surface area contributed by atoms with Crippen molar-refractivity contribution in [1.82, 2.24) is 15.2 Å². The number of hydrogen-bond acceptors (Lipinski definition) is 7. The third kappa shape index (κ3) is 4.77.